The highest BCUT2D eigenvalue weighted by Gasteiger charge is 2.30. The third-order valence-electron chi connectivity index (χ3n) is 6.40. The number of carbonyl (C=O) groups excluding carboxylic acids is 2. The molecule has 0 aromatic heterocycles. The molecule has 0 aliphatic rings. The average molecular weight is 613 g/mol. The molecule has 0 radical (unpaired) electrons. The van der Waals surface area contributed by atoms with Crippen LogP contribution in [-0.2, 0) is 21.2 Å². The number of sulfonamides is 1. The second kappa shape index (κ2) is 14.3. The zero-order valence-electron chi connectivity index (χ0n) is 25.0. The minimum atomic E-state index is -3.94. The number of urea groups is 1. The van der Waals surface area contributed by atoms with Crippen LogP contribution in [0.5, 0.6) is 5.75 Å². The van der Waals surface area contributed by atoms with Crippen molar-refractivity contribution in [3.8, 4) is 5.75 Å². The van der Waals surface area contributed by atoms with Gasteiger partial charge in [-0.25, -0.2) is 18.0 Å². The Hall–Kier alpha value is -4.29. The van der Waals surface area contributed by atoms with E-state index in [0.717, 1.165) is 5.56 Å². The van der Waals surface area contributed by atoms with E-state index in [-0.39, 0.29) is 17.2 Å². The summed E-state index contributed by atoms with van der Waals surface area (Å²) in [5.41, 5.74) is 1.31. The Morgan fingerprint density at radius 2 is 1.63 bits per heavy atom. The first kappa shape index (κ1) is 33.2. The molecular formula is C31H40N4O7S. The van der Waals surface area contributed by atoms with Crippen molar-refractivity contribution in [1.29, 1.82) is 0 Å². The molecule has 3 amide bonds. The molecule has 11 nitrogen and oxygen atoms in total. The lowest BCUT2D eigenvalue weighted by molar-refractivity contribution is -0.00240. The molecule has 2 atom stereocenters. The summed E-state index contributed by atoms with van der Waals surface area (Å²) in [4.78, 5) is 26.4. The van der Waals surface area contributed by atoms with E-state index >= 15 is 0 Å². The first-order chi connectivity index (χ1) is 20.2. The number of aromatic hydroxyl groups is 1. The van der Waals surface area contributed by atoms with Gasteiger partial charge in [0.2, 0.25) is 0 Å². The number of nitrogens with zero attached hydrogens (tertiary/aromatic N) is 1. The van der Waals surface area contributed by atoms with Gasteiger partial charge in [-0.1, -0.05) is 30.3 Å². The minimum Gasteiger partial charge on any atom is -0.508 e. The standard InChI is InChI=1S/C31H40N4O7S/c1-6-32-29(38)33-25-8-7-9-27(20-25)43(40,41)34-24-14-10-22(11-15-24)18-19-35(30(39)42-31(3,4)5)21(2)28(37)23-12-16-26(36)17-13-23/h7-17,20-21,28,34,36-37H,6,18-19H2,1-5H3,(H2,32,33,38)/t21-,28-/m0/s1. The maximum Gasteiger partial charge on any atom is 0.410 e. The first-order valence-electron chi connectivity index (χ1n) is 13.9. The SMILES string of the molecule is CCNC(=O)Nc1cccc(S(=O)(=O)Nc2ccc(CCN(C(=O)OC(C)(C)C)[C@@H](C)[C@H](O)c3ccc(O)cc3)cc2)c1. The molecule has 3 aromatic carbocycles. The fraction of sp³-hybridized carbons (Fsp3) is 0.355. The second-order valence-corrected chi connectivity index (χ2v) is 12.7. The summed E-state index contributed by atoms with van der Waals surface area (Å²) in [5, 5.41) is 25.8. The van der Waals surface area contributed by atoms with Crippen LogP contribution >= 0.6 is 0 Å². The summed E-state index contributed by atoms with van der Waals surface area (Å²) in [6.45, 7) is 9.44. The number of hydrogen-bond donors (Lipinski definition) is 5. The van der Waals surface area contributed by atoms with E-state index in [9.17, 15) is 28.2 Å². The Morgan fingerprint density at radius 1 is 0.977 bits per heavy atom. The van der Waals surface area contributed by atoms with Gasteiger partial charge in [-0.3, -0.25) is 4.72 Å². The van der Waals surface area contributed by atoms with Gasteiger partial charge in [-0.05, 0) is 94.6 Å². The predicted molar refractivity (Wildman–Crippen MR) is 166 cm³/mol. The Bertz CT molecular complexity index is 1490. The molecule has 0 bridgehead atoms. The van der Waals surface area contributed by atoms with Crippen molar-refractivity contribution in [1.82, 2.24) is 10.2 Å². The molecule has 5 N–H and O–H groups in total. The topological polar surface area (TPSA) is 157 Å². The van der Waals surface area contributed by atoms with Crippen LogP contribution in [0.2, 0.25) is 0 Å². The Balaban J connectivity index is 1.71. The van der Waals surface area contributed by atoms with Crippen LogP contribution < -0.4 is 15.4 Å². The number of aliphatic hydroxyl groups excluding tert-OH is 1. The summed E-state index contributed by atoms with van der Waals surface area (Å²) in [5.74, 6) is 0.0697. The zero-order valence-corrected chi connectivity index (χ0v) is 25.8. The second-order valence-electron chi connectivity index (χ2n) is 11.0. The number of nitrogens with one attached hydrogen (secondary N) is 3. The quantitative estimate of drug-likeness (QED) is 0.198. The lowest BCUT2D eigenvalue weighted by Crippen LogP contribution is -2.45. The van der Waals surface area contributed by atoms with Gasteiger partial charge in [0.25, 0.3) is 10.0 Å². The number of ether oxygens (including phenoxy) is 1. The largest absolute Gasteiger partial charge is 0.508 e. The number of carbonyl (C=O) groups is 2. The molecule has 0 fully saturated rings. The molecule has 0 aliphatic carbocycles. The summed E-state index contributed by atoms with van der Waals surface area (Å²) < 4.78 is 34.1. The van der Waals surface area contributed by atoms with E-state index in [2.05, 4.69) is 15.4 Å². The monoisotopic (exact) mass is 612 g/mol. The number of anilines is 2. The van der Waals surface area contributed by atoms with Crippen LogP contribution in [-0.4, -0.2) is 60.4 Å². The zero-order chi connectivity index (χ0) is 31.8. The van der Waals surface area contributed by atoms with Crippen molar-refractivity contribution in [2.75, 3.05) is 23.1 Å². The number of aliphatic hydroxyl groups is 1. The van der Waals surface area contributed by atoms with Crippen LogP contribution in [0.1, 0.15) is 51.8 Å². The van der Waals surface area contributed by atoms with Crippen molar-refractivity contribution in [2.45, 2.75) is 63.7 Å². The summed E-state index contributed by atoms with van der Waals surface area (Å²) in [6.07, 6.45) is -1.20. The molecule has 0 unspecified atom stereocenters. The molecule has 3 rings (SSSR count). The van der Waals surface area contributed by atoms with E-state index < -0.39 is 39.9 Å². The van der Waals surface area contributed by atoms with Crippen molar-refractivity contribution in [3.63, 3.8) is 0 Å². The molecule has 0 aliphatic heterocycles. The average Bonchev–Trinajstić information content (AvgIpc) is 2.93. The molecule has 232 valence electrons. The number of rotatable bonds is 11. The third-order valence-corrected chi connectivity index (χ3v) is 7.78. The number of hydrogen-bond acceptors (Lipinski definition) is 7. The molecule has 0 heterocycles. The van der Waals surface area contributed by atoms with E-state index in [1.165, 1.54) is 35.2 Å². The van der Waals surface area contributed by atoms with Crippen LogP contribution in [0, 0.1) is 0 Å². The Morgan fingerprint density at radius 3 is 2.23 bits per heavy atom. The van der Waals surface area contributed by atoms with Crippen molar-refractivity contribution in [2.24, 2.45) is 0 Å². The van der Waals surface area contributed by atoms with Gasteiger partial charge in [0.15, 0.2) is 0 Å². The van der Waals surface area contributed by atoms with Crippen LogP contribution in [0.3, 0.4) is 0 Å². The minimum absolute atomic E-state index is 0.0138. The fourth-order valence-electron chi connectivity index (χ4n) is 4.18. The van der Waals surface area contributed by atoms with Gasteiger partial charge < -0.3 is 30.5 Å². The summed E-state index contributed by atoms with van der Waals surface area (Å²) in [7, 11) is -3.94. The lowest BCUT2D eigenvalue weighted by Gasteiger charge is -2.34. The fourth-order valence-corrected chi connectivity index (χ4v) is 5.29. The molecule has 0 saturated carbocycles. The maximum atomic E-state index is 13.1. The van der Waals surface area contributed by atoms with Gasteiger partial charge in [0.05, 0.1) is 17.0 Å². The van der Waals surface area contributed by atoms with Crippen LogP contribution in [0.4, 0.5) is 21.0 Å². The molecule has 12 heteroatoms. The summed E-state index contributed by atoms with van der Waals surface area (Å²) >= 11 is 0. The highest BCUT2D eigenvalue weighted by atomic mass is 32.2. The number of phenolic OH excluding ortho intramolecular Hbond substituents is 1. The predicted octanol–water partition coefficient (Wildman–Crippen LogP) is 5.24. The van der Waals surface area contributed by atoms with Crippen LogP contribution in [0.15, 0.2) is 77.7 Å². The van der Waals surface area contributed by atoms with Gasteiger partial charge in [0, 0.05) is 24.5 Å². The number of benzene rings is 3. The van der Waals surface area contributed by atoms with Crippen molar-refractivity contribution in [3.05, 3.63) is 83.9 Å². The van der Waals surface area contributed by atoms with Gasteiger partial charge in [-0.15, -0.1) is 0 Å². The number of phenols is 1. The first-order valence-corrected chi connectivity index (χ1v) is 15.4. The van der Waals surface area contributed by atoms with E-state index in [1.807, 2.05) is 0 Å². The third kappa shape index (κ3) is 9.90. The summed E-state index contributed by atoms with van der Waals surface area (Å²) in [6, 6.07) is 17.7. The number of amides is 3. The Labute approximate surface area is 252 Å². The van der Waals surface area contributed by atoms with Gasteiger partial charge >= 0.3 is 12.1 Å². The molecule has 43 heavy (non-hydrogen) atoms. The van der Waals surface area contributed by atoms with Gasteiger partial charge in [-0.2, -0.15) is 0 Å². The molecular weight excluding hydrogens is 572 g/mol. The van der Waals surface area contributed by atoms with E-state index in [1.54, 1.807) is 77.1 Å². The highest BCUT2D eigenvalue weighted by Crippen LogP contribution is 2.25. The highest BCUT2D eigenvalue weighted by molar-refractivity contribution is 7.92. The normalized spacial score (nSPS) is 13.0. The molecule has 0 spiro atoms. The maximum absolute atomic E-state index is 13.1. The smallest absolute Gasteiger partial charge is 0.410 e. The molecule has 3 aromatic rings. The van der Waals surface area contributed by atoms with E-state index in [0.29, 0.717) is 29.9 Å². The van der Waals surface area contributed by atoms with E-state index in [4.69, 9.17) is 4.74 Å². The van der Waals surface area contributed by atoms with Crippen molar-refractivity contribution < 1.29 is 33.0 Å². The lowest BCUT2D eigenvalue weighted by atomic mass is 10.0. The van der Waals surface area contributed by atoms with Crippen molar-refractivity contribution >= 4 is 33.5 Å². The Kier molecular flexibility index (Phi) is 11.0. The van der Waals surface area contributed by atoms with Crippen LogP contribution in [0.25, 0.3) is 0 Å². The van der Waals surface area contributed by atoms with Gasteiger partial charge in [0.1, 0.15) is 11.4 Å². The molecule has 0 saturated heterocycles.